The zero-order chi connectivity index (χ0) is 32.3. The number of benzene rings is 2. The van der Waals surface area contributed by atoms with E-state index >= 15 is 0 Å². The van der Waals surface area contributed by atoms with Crippen molar-refractivity contribution in [3.63, 3.8) is 0 Å². The van der Waals surface area contributed by atoms with Gasteiger partial charge in [-0.1, -0.05) is 65.3 Å². The number of amides is 4. The van der Waals surface area contributed by atoms with Gasteiger partial charge in [-0.3, -0.25) is 14.4 Å². The van der Waals surface area contributed by atoms with Crippen molar-refractivity contribution in [2.75, 3.05) is 13.1 Å². The Bertz CT molecular complexity index is 1430. The highest BCUT2D eigenvalue weighted by Crippen LogP contribution is 2.23. The fourth-order valence-corrected chi connectivity index (χ4v) is 5.10. The predicted molar refractivity (Wildman–Crippen MR) is 165 cm³/mol. The Kier molecular flexibility index (Phi) is 11.7. The monoisotopic (exact) mass is 619 g/mol. The van der Waals surface area contributed by atoms with Crippen molar-refractivity contribution >= 4 is 23.8 Å². The van der Waals surface area contributed by atoms with Gasteiger partial charge in [-0.25, -0.2) is 4.79 Å². The van der Waals surface area contributed by atoms with E-state index in [-0.39, 0.29) is 24.8 Å². The number of carbonyl (C=O) groups excluding carboxylic acids is 4. The highest BCUT2D eigenvalue weighted by Gasteiger charge is 2.33. The van der Waals surface area contributed by atoms with Crippen molar-refractivity contribution in [1.82, 2.24) is 26.0 Å². The van der Waals surface area contributed by atoms with Crippen LogP contribution in [0.15, 0.2) is 65.2 Å². The fourth-order valence-electron chi connectivity index (χ4n) is 5.10. The van der Waals surface area contributed by atoms with E-state index in [1.807, 2.05) is 61.5 Å². The molecule has 240 valence electrons. The third-order valence-electron chi connectivity index (χ3n) is 7.78. The van der Waals surface area contributed by atoms with Gasteiger partial charge in [0.05, 0.1) is 6.10 Å². The number of aromatic nitrogens is 1. The molecule has 1 aliphatic heterocycles. The average Bonchev–Trinajstić information content (AvgIpc) is 3.48. The first-order valence-electron chi connectivity index (χ1n) is 15.1. The number of aliphatic hydroxyl groups excluding tert-OH is 1. The van der Waals surface area contributed by atoms with Crippen LogP contribution in [0.1, 0.15) is 59.1 Å². The molecular weight excluding hydrogens is 578 g/mol. The summed E-state index contributed by atoms with van der Waals surface area (Å²) in [6.07, 6.45) is -0.124. The fraction of sp³-hybridized carbons (Fsp3) is 0.424. The van der Waals surface area contributed by atoms with E-state index in [2.05, 4.69) is 21.1 Å². The standard InChI is InChI=1S/C33H41N5O7/c1-21-9-11-25(12-10-21)19-34-30(40)27(35-32(42)29(23(3)39)36-31(41)28-17-22(2)45-37-28)18-24-13-15-38(16-14-24)33(43)44-20-26-7-5-4-6-8-26/h4-12,17,23-24,27,29,39H,13-16,18-20H2,1-3H3,(H,34,40)(H,35,42)(H,36,41). The predicted octanol–water partition coefficient (Wildman–Crippen LogP) is 3.01. The second-order valence-corrected chi connectivity index (χ2v) is 11.5. The molecule has 4 rings (SSSR count). The van der Waals surface area contributed by atoms with Crippen LogP contribution in [0.3, 0.4) is 0 Å². The van der Waals surface area contributed by atoms with Gasteiger partial charge in [0.1, 0.15) is 24.5 Å². The maximum atomic E-state index is 13.4. The lowest BCUT2D eigenvalue weighted by molar-refractivity contribution is -0.131. The molecule has 12 heteroatoms. The molecule has 45 heavy (non-hydrogen) atoms. The van der Waals surface area contributed by atoms with Crippen LogP contribution in [0.2, 0.25) is 0 Å². The lowest BCUT2D eigenvalue weighted by Gasteiger charge is -2.33. The van der Waals surface area contributed by atoms with Gasteiger partial charge in [0, 0.05) is 25.7 Å². The molecule has 4 amide bonds. The third kappa shape index (κ3) is 9.90. The van der Waals surface area contributed by atoms with Gasteiger partial charge in [0.15, 0.2) is 5.69 Å². The lowest BCUT2D eigenvalue weighted by atomic mass is 9.89. The molecule has 0 spiro atoms. The van der Waals surface area contributed by atoms with Crippen LogP contribution in [0.4, 0.5) is 4.79 Å². The molecule has 4 N–H and O–H groups in total. The quantitative estimate of drug-likeness (QED) is 0.240. The van der Waals surface area contributed by atoms with Crippen LogP contribution >= 0.6 is 0 Å². The maximum Gasteiger partial charge on any atom is 0.410 e. The molecule has 1 aromatic heterocycles. The van der Waals surface area contributed by atoms with Crippen LogP contribution in [-0.4, -0.2) is 70.3 Å². The van der Waals surface area contributed by atoms with Gasteiger partial charge in [-0.15, -0.1) is 0 Å². The van der Waals surface area contributed by atoms with Gasteiger partial charge in [-0.2, -0.15) is 0 Å². The van der Waals surface area contributed by atoms with Gasteiger partial charge in [0.2, 0.25) is 11.8 Å². The smallest absolute Gasteiger partial charge is 0.410 e. The number of aliphatic hydroxyl groups is 1. The van der Waals surface area contributed by atoms with Gasteiger partial charge in [-0.05, 0) is 57.1 Å². The summed E-state index contributed by atoms with van der Waals surface area (Å²) in [6.45, 7) is 6.33. The number of rotatable bonds is 12. The third-order valence-corrected chi connectivity index (χ3v) is 7.78. The minimum absolute atomic E-state index is 0.0243. The van der Waals surface area contributed by atoms with Gasteiger partial charge >= 0.3 is 6.09 Å². The molecule has 1 aliphatic rings. The molecule has 2 heterocycles. The molecule has 0 aliphatic carbocycles. The Balaban J connectivity index is 1.38. The SMILES string of the molecule is Cc1ccc(CNC(=O)C(CC2CCN(C(=O)OCc3ccccc3)CC2)NC(=O)C(NC(=O)c2cc(C)on2)C(C)O)cc1. The van der Waals surface area contributed by atoms with Crippen molar-refractivity contribution < 1.29 is 33.5 Å². The molecule has 1 fully saturated rings. The Labute approximate surface area is 262 Å². The zero-order valence-electron chi connectivity index (χ0n) is 25.8. The van der Waals surface area contributed by atoms with E-state index in [9.17, 15) is 24.3 Å². The van der Waals surface area contributed by atoms with Crippen molar-refractivity contribution in [2.24, 2.45) is 5.92 Å². The first-order valence-corrected chi connectivity index (χ1v) is 15.1. The molecule has 1 saturated heterocycles. The minimum atomic E-state index is -1.34. The second-order valence-electron chi connectivity index (χ2n) is 11.5. The van der Waals surface area contributed by atoms with Crippen molar-refractivity contribution in [3.05, 3.63) is 88.8 Å². The minimum Gasteiger partial charge on any atom is -0.445 e. The number of likely N-dealkylation sites (tertiary alicyclic amines) is 1. The van der Waals surface area contributed by atoms with Crippen molar-refractivity contribution in [3.8, 4) is 0 Å². The Morgan fingerprint density at radius 2 is 1.67 bits per heavy atom. The number of aryl methyl sites for hydroxylation is 2. The van der Waals surface area contributed by atoms with Gasteiger partial charge < -0.3 is 35.2 Å². The summed E-state index contributed by atoms with van der Waals surface area (Å²) in [5.74, 6) is -1.36. The summed E-state index contributed by atoms with van der Waals surface area (Å²) >= 11 is 0. The van der Waals surface area contributed by atoms with E-state index in [4.69, 9.17) is 9.26 Å². The molecule has 12 nitrogen and oxygen atoms in total. The van der Waals surface area contributed by atoms with Crippen molar-refractivity contribution in [2.45, 2.75) is 71.4 Å². The first-order chi connectivity index (χ1) is 21.6. The Morgan fingerprint density at radius 1 is 0.978 bits per heavy atom. The summed E-state index contributed by atoms with van der Waals surface area (Å²) in [5.41, 5.74) is 2.86. The summed E-state index contributed by atoms with van der Waals surface area (Å²) in [5, 5.41) is 22.2. The average molecular weight is 620 g/mol. The van der Waals surface area contributed by atoms with E-state index in [0.717, 1.165) is 16.7 Å². The van der Waals surface area contributed by atoms with E-state index in [1.54, 1.807) is 11.8 Å². The molecule has 3 unspecified atom stereocenters. The number of ether oxygens (including phenoxy) is 1. The summed E-state index contributed by atoms with van der Waals surface area (Å²) in [7, 11) is 0. The Hall–Kier alpha value is -4.71. The molecule has 3 atom stereocenters. The topological polar surface area (TPSA) is 163 Å². The van der Waals surface area contributed by atoms with Crippen LogP contribution in [0.25, 0.3) is 0 Å². The number of hydrogen-bond acceptors (Lipinski definition) is 8. The van der Waals surface area contributed by atoms with E-state index < -0.39 is 42.0 Å². The van der Waals surface area contributed by atoms with Crippen LogP contribution < -0.4 is 16.0 Å². The van der Waals surface area contributed by atoms with Crippen LogP contribution in [-0.2, 0) is 27.5 Å². The van der Waals surface area contributed by atoms with Gasteiger partial charge in [0.25, 0.3) is 5.91 Å². The largest absolute Gasteiger partial charge is 0.445 e. The number of carbonyl (C=O) groups is 4. The number of hydrogen-bond donors (Lipinski definition) is 4. The van der Waals surface area contributed by atoms with Crippen molar-refractivity contribution in [1.29, 1.82) is 0 Å². The summed E-state index contributed by atoms with van der Waals surface area (Å²) < 4.78 is 10.4. The lowest BCUT2D eigenvalue weighted by Crippen LogP contribution is -2.57. The van der Waals surface area contributed by atoms with E-state index in [1.165, 1.54) is 13.0 Å². The summed E-state index contributed by atoms with van der Waals surface area (Å²) in [6, 6.07) is 16.3. The maximum absolute atomic E-state index is 13.4. The highest BCUT2D eigenvalue weighted by molar-refractivity contribution is 5.97. The number of nitrogens with one attached hydrogen (secondary N) is 3. The highest BCUT2D eigenvalue weighted by atomic mass is 16.6. The summed E-state index contributed by atoms with van der Waals surface area (Å²) in [4.78, 5) is 53.8. The molecule has 0 saturated carbocycles. The molecule has 3 aromatic rings. The van der Waals surface area contributed by atoms with E-state index in [0.29, 0.717) is 38.1 Å². The molecule has 0 radical (unpaired) electrons. The number of nitrogens with zero attached hydrogens (tertiary/aromatic N) is 2. The second kappa shape index (κ2) is 15.8. The molecule has 0 bridgehead atoms. The molecule has 2 aromatic carbocycles. The normalized spacial score (nSPS) is 15.4. The Morgan fingerprint density at radius 3 is 2.29 bits per heavy atom. The first kappa shape index (κ1) is 33.2. The van der Waals surface area contributed by atoms with Crippen LogP contribution in [0, 0.1) is 19.8 Å². The zero-order valence-corrected chi connectivity index (χ0v) is 25.8. The van der Waals surface area contributed by atoms with Crippen LogP contribution in [0.5, 0.6) is 0 Å². The number of piperidine rings is 1. The molecular formula is C33H41N5O7.